The molecule has 0 aliphatic carbocycles. The Bertz CT molecular complexity index is 1190. The highest BCUT2D eigenvalue weighted by Crippen LogP contribution is 2.28. The number of nitrogens with one attached hydrogen (secondary N) is 3. The maximum absolute atomic E-state index is 5.92. The molecule has 184 valence electrons. The third-order valence-electron chi connectivity index (χ3n) is 5.75. The number of nitrogens with zero attached hydrogens (tertiary/aromatic N) is 3. The predicted octanol–water partition coefficient (Wildman–Crippen LogP) is 6.72. The molecule has 0 bridgehead atoms. The molecular weight excluding hydrogens is 456 g/mol. The standard InChI is InChI=1S/C28H35ClN6/c1-18-16-23(32-19(2)25-13-9-22(35-25)11-14-26(29)30-7)10-12-24(18)33-20(3)34-27-15-8-21(17-31-27)28(4,5)6/h8,10-14,16,32-33H,2-3,9,15,17H2,1,4-7H3,(H,31,34)/b14-11-,30-26?. The SMILES string of the molecule is C=C(NC1=NCC(C(C)(C)C)=CC1)Nc1ccc(NC(=C)C2=CCC(/C=C\C(Cl)=NC)=N2)cc1C. The molecule has 0 saturated carbocycles. The van der Waals surface area contributed by atoms with Crippen LogP contribution in [-0.2, 0) is 0 Å². The molecule has 0 fully saturated rings. The summed E-state index contributed by atoms with van der Waals surface area (Å²) in [5.74, 6) is 1.62. The quantitative estimate of drug-likeness (QED) is 0.279. The van der Waals surface area contributed by atoms with E-state index < -0.39 is 0 Å². The van der Waals surface area contributed by atoms with Gasteiger partial charge in [-0.25, -0.2) is 0 Å². The Morgan fingerprint density at radius 2 is 1.89 bits per heavy atom. The summed E-state index contributed by atoms with van der Waals surface area (Å²) in [5, 5.41) is 10.4. The Morgan fingerprint density at radius 3 is 2.51 bits per heavy atom. The minimum atomic E-state index is 0.153. The fourth-order valence-corrected chi connectivity index (χ4v) is 3.70. The van der Waals surface area contributed by atoms with Crippen molar-refractivity contribution in [3.63, 3.8) is 0 Å². The lowest BCUT2D eigenvalue weighted by atomic mass is 9.85. The Kier molecular flexibility index (Phi) is 8.52. The number of anilines is 2. The molecule has 6 nitrogen and oxygen atoms in total. The zero-order chi connectivity index (χ0) is 25.6. The predicted molar refractivity (Wildman–Crippen MR) is 153 cm³/mol. The van der Waals surface area contributed by atoms with Gasteiger partial charge in [-0.3, -0.25) is 15.0 Å². The third-order valence-corrected chi connectivity index (χ3v) is 6.05. The smallest absolute Gasteiger partial charge is 0.123 e. The lowest BCUT2D eigenvalue weighted by Gasteiger charge is -2.25. The molecule has 0 radical (unpaired) electrons. The fraction of sp³-hybridized carbons (Fsp3) is 0.321. The largest absolute Gasteiger partial charge is 0.354 e. The Balaban J connectivity index is 1.54. The first-order valence-electron chi connectivity index (χ1n) is 11.7. The van der Waals surface area contributed by atoms with Crippen molar-refractivity contribution in [1.29, 1.82) is 0 Å². The number of halogens is 1. The molecule has 2 aliphatic rings. The number of hydrogen-bond donors (Lipinski definition) is 3. The van der Waals surface area contributed by atoms with E-state index in [-0.39, 0.29) is 5.41 Å². The maximum Gasteiger partial charge on any atom is 0.123 e. The first-order valence-corrected chi connectivity index (χ1v) is 12.0. The molecule has 3 N–H and O–H groups in total. The minimum Gasteiger partial charge on any atom is -0.354 e. The molecule has 1 aromatic carbocycles. The van der Waals surface area contributed by atoms with Gasteiger partial charge in [0, 0.05) is 37.0 Å². The second-order valence-electron chi connectivity index (χ2n) is 9.58. The van der Waals surface area contributed by atoms with E-state index >= 15 is 0 Å². The molecular formula is C28H35ClN6. The van der Waals surface area contributed by atoms with E-state index in [0.29, 0.717) is 11.0 Å². The summed E-state index contributed by atoms with van der Waals surface area (Å²) >= 11 is 5.92. The highest BCUT2D eigenvalue weighted by atomic mass is 35.5. The van der Waals surface area contributed by atoms with Gasteiger partial charge in [0.05, 0.1) is 17.9 Å². The van der Waals surface area contributed by atoms with Gasteiger partial charge in [0.2, 0.25) is 0 Å². The molecule has 7 heteroatoms. The van der Waals surface area contributed by atoms with Crippen LogP contribution in [0.1, 0.15) is 39.2 Å². The summed E-state index contributed by atoms with van der Waals surface area (Å²) < 4.78 is 0. The van der Waals surface area contributed by atoms with Gasteiger partial charge in [-0.1, -0.05) is 57.7 Å². The van der Waals surface area contributed by atoms with Crippen LogP contribution in [0.5, 0.6) is 0 Å². The van der Waals surface area contributed by atoms with Gasteiger partial charge < -0.3 is 16.0 Å². The molecule has 2 aliphatic heterocycles. The number of rotatable bonds is 8. The van der Waals surface area contributed by atoms with Gasteiger partial charge in [0.25, 0.3) is 0 Å². The van der Waals surface area contributed by atoms with Crippen molar-refractivity contribution in [3.05, 3.63) is 84.0 Å². The zero-order valence-corrected chi connectivity index (χ0v) is 22.1. The fourth-order valence-electron chi connectivity index (χ4n) is 3.63. The molecule has 0 unspecified atom stereocenters. The van der Waals surface area contributed by atoms with Crippen LogP contribution in [0.3, 0.4) is 0 Å². The van der Waals surface area contributed by atoms with E-state index in [9.17, 15) is 0 Å². The van der Waals surface area contributed by atoms with E-state index in [2.05, 4.69) is 83.9 Å². The summed E-state index contributed by atoms with van der Waals surface area (Å²) in [6.45, 7) is 17.7. The molecule has 2 heterocycles. The average molecular weight is 491 g/mol. The molecule has 0 amide bonds. The van der Waals surface area contributed by atoms with E-state index in [0.717, 1.165) is 59.3 Å². The van der Waals surface area contributed by atoms with Crippen LogP contribution >= 0.6 is 11.6 Å². The summed E-state index contributed by atoms with van der Waals surface area (Å²) in [4.78, 5) is 13.2. The number of benzene rings is 1. The number of aryl methyl sites for hydroxylation is 1. The minimum absolute atomic E-state index is 0.153. The lowest BCUT2D eigenvalue weighted by Crippen LogP contribution is -2.29. The number of aliphatic imine (C=N–C) groups is 3. The molecule has 0 saturated heterocycles. The molecule has 1 aromatic rings. The van der Waals surface area contributed by atoms with Gasteiger partial charge >= 0.3 is 0 Å². The van der Waals surface area contributed by atoms with E-state index in [1.54, 1.807) is 13.1 Å². The van der Waals surface area contributed by atoms with Gasteiger partial charge in [-0.05, 0) is 53.8 Å². The van der Waals surface area contributed by atoms with Crippen LogP contribution in [0.2, 0.25) is 0 Å². The van der Waals surface area contributed by atoms with Crippen LogP contribution in [0.4, 0.5) is 11.4 Å². The normalized spacial score (nSPS) is 16.3. The summed E-state index contributed by atoms with van der Waals surface area (Å²) in [5.41, 5.74) is 6.99. The van der Waals surface area contributed by atoms with Gasteiger partial charge in [-0.15, -0.1) is 0 Å². The number of allylic oxidation sites excluding steroid dienone is 3. The summed E-state index contributed by atoms with van der Waals surface area (Å²) in [6, 6.07) is 6.08. The average Bonchev–Trinajstić information content (AvgIpc) is 3.28. The van der Waals surface area contributed by atoms with Crippen molar-refractivity contribution in [2.24, 2.45) is 20.4 Å². The van der Waals surface area contributed by atoms with E-state index in [1.165, 1.54) is 5.57 Å². The highest BCUT2D eigenvalue weighted by molar-refractivity contribution is 6.68. The van der Waals surface area contributed by atoms with Gasteiger partial charge in [0.1, 0.15) is 16.8 Å². The molecule has 3 rings (SSSR count). The first kappa shape index (κ1) is 26.2. The van der Waals surface area contributed by atoms with Crippen molar-refractivity contribution >= 4 is 39.7 Å². The zero-order valence-electron chi connectivity index (χ0n) is 21.3. The maximum atomic E-state index is 5.92. The van der Waals surface area contributed by atoms with Crippen molar-refractivity contribution < 1.29 is 0 Å². The van der Waals surface area contributed by atoms with Crippen molar-refractivity contribution in [3.8, 4) is 0 Å². The first-order chi connectivity index (χ1) is 16.5. The van der Waals surface area contributed by atoms with Gasteiger partial charge in [0.15, 0.2) is 0 Å². The number of dihydropyridines is 1. The topological polar surface area (TPSA) is 73.2 Å². The second kappa shape index (κ2) is 11.4. The Morgan fingerprint density at radius 1 is 1.11 bits per heavy atom. The van der Waals surface area contributed by atoms with Crippen LogP contribution < -0.4 is 16.0 Å². The van der Waals surface area contributed by atoms with Gasteiger partial charge in [-0.2, -0.15) is 0 Å². The monoisotopic (exact) mass is 490 g/mol. The third kappa shape index (κ3) is 7.55. The molecule has 0 aromatic heterocycles. The highest BCUT2D eigenvalue weighted by Gasteiger charge is 2.19. The Hall–Kier alpha value is -3.38. The van der Waals surface area contributed by atoms with Crippen LogP contribution in [0.15, 0.2) is 93.4 Å². The Labute approximate surface area is 214 Å². The molecule has 0 spiro atoms. The van der Waals surface area contributed by atoms with Crippen molar-refractivity contribution in [1.82, 2.24) is 5.32 Å². The second-order valence-corrected chi connectivity index (χ2v) is 9.97. The summed E-state index contributed by atoms with van der Waals surface area (Å²) in [6.07, 6.45) is 9.43. The van der Waals surface area contributed by atoms with Crippen molar-refractivity contribution in [2.75, 3.05) is 24.2 Å². The van der Waals surface area contributed by atoms with Crippen molar-refractivity contribution in [2.45, 2.75) is 40.5 Å². The summed E-state index contributed by atoms with van der Waals surface area (Å²) in [7, 11) is 1.65. The number of amidine groups is 1. The molecule has 35 heavy (non-hydrogen) atoms. The number of hydrogen-bond acceptors (Lipinski definition) is 6. The van der Waals surface area contributed by atoms with Crippen LogP contribution in [-0.4, -0.2) is 30.3 Å². The van der Waals surface area contributed by atoms with E-state index in [1.807, 2.05) is 24.3 Å². The van der Waals surface area contributed by atoms with E-state index in [4.69, 9.17) is 11.6 Å². The molecule has 0 atom stereocenters. The van der Waals surface area contributed by atoms with Crippen LogP contribution in [0, 0.1) is 12.3 Å². The van der Waals surface area contributed by atoms with Crippen LogP contribution in [0.25, 0.3) is 0 Å². The lowest BCUT2D eigenvalue weighted by molar-refractivity contribution is 0.491.